The predicted molar refractivity (Wildman–Crippen MR) is 246 cm³/mol. The minimum absolute atomic E-state index is 0.00205. The zero-order chi connectivity index (χ0) is 46.6. The van der Waals surface area contributed by atoms with E-state index in [0.717, 1.165) is 54.1 Å². The van der Waals surface area contributed by atoms with Gasteiger partial charge < -0.3 is 46.5 Å². The molecule has 15 nitrogen and oxygen atoms in total. The van der Waals surface area contributed by atoms with Crippen molar-refractivity contribution in [2.24, 2.45) is 0 Å². The highest BCUT2D eigenvalue weighted by Crippen LogP contribution is 2.20. The first kappa shape index (κ1) is 50.3. The van der Waals surface area contributed by atoms with Crippen molar-refractivity contribution in [2.75, 3.05) is 6.54 Å². The van der Waals surface area contributed by atoms with E-state index in [1.54, 1.807) is 39.1 Å². The van der Waals surface area contributed by atoms with Crippen molar-refractivity contribution in [3.8, 4) is 5.75 Å². The molecule has 1 aromatic heterocycles. The number of aromatic hydroxyl groups is 1. The van der Waals surface area contributed by atoms with Crippen molar-refractivity contribution in [1.29, 1.82) is 0 Å². The van der Waals surface area contributed by atoms with E-state index in [1.165, 1.54) is 12.1 Å². The Morgan fingerprint density at radius 1 is 0.672 bits per heavy atom. The van der Waals surface area contributed by atoms with Gasteiger partial charge in [-0.1, -0.05) is 92.8 Å². The van der Waals surface area contributed by atoms with Gasteiger partial charge in [0.25, 0.3) is 0 Å². The SMILES string of the molecule is CCCCCCCC(=O)NCCCCC(NC(=O)C(Cc1c[nH]c2ccccc12)NC(=O)OC(C)(C)C)C(=O)NC(Cc1ccc(C)cc1)C(=O)N[C@@H](Cc1ccc(O)cc1)C(=O)O. The molecule has 4 aromatic rings. The molecular formula is C49H66N6O9. The van der Waals surface area contributed by atoms with Crippen LogP contribution in [0.1, 0.15) is 108 Å². The lowest BCUT2D eigenvalue weighted by Crippen LogP contribution is -2.58. The molecule has 5 amide bonds. The number of amides is 5. The van der Waals surface area contributed by atoms with E-state index in [9.17, 15) is 39.0 Å². The van der Waals surface area contributed by atoms with Crippen molar-refractivity contribution >= 4 is 46.6 Å². The molecule has 4 rings (SSSR count). The molecule has 1 heterocycles. The van der Waals surface area contributed by atoms with E-state index >= 15 is 0 Å². The number of fused-ring (bicyclic) bond motifs is 1. The zero-order valence-electron chi connectivity index (χ0n) is 37.8. The zero-order valence-corrected chi connectivity index (χ0v) is 37.8. The molecule has 0 aliphatic carbocycles. The van der Waals surface area contributed by atoms with Crippen LogP contribution in [0.3, 0.4) is 0 Å². The molecular weight excluding hydrogens is 817 g/mol. The van der Waals surface area contributed by atoms with Crippen molar-refractivity contribution in [1.82, 2.24) is 31.6 Å². The van der Waals surface area contributed by atoms with Gasteiger partial charge in [0, 0.05) is 49.3 Å². The number of aryl methyl sites for hydroxylation is 1. The number of phenolic OH excluding ortho intramolecular Hbond substituents is 1. The molecule has 346 valence electrons. The molecule has 0 saturated heterocycles. The van der Waals surface area contributed by atoms with Gasteiger partial charge in [-0.25, -0.2) is 9.59 Å². The number of hydrogen-bond acceptors (Lipinski definition) is 8. The summed E-state index contributed by atoms with van der Waals surface area (Å²) in [6.45, 7) is 9.51. The summed E-state index contributed by atoms with van der Waals surface area (Å²) in [5.74, 6) is -3.48. The van der Waals surface area contributed by atoms with Crippen LogP contribution in [0.15, 0.2) is 79.0 Å². The van der Waals surface area contributed by atoms with Crippen LogP contribution in [0.25, 0.3) is 10.9 Å². The highest BCUT2D eigenvalue weighted by molar-refractivity contribution is 5.95. The number of carboxylic acids is 1. The molecule has 3 aromatic carbocycles. The number of nitrogens with one attached hydrogen (secondary N) is 6. The summed E-state index contributed by atoms with van der Waals surface area (Å²) in [5, 5.41) is 34.5. The van der Waals surface area contributed by atoms with Gasteiger partial charge in [-0.2, -0.15) is 0 Å². The fourth-order valence-electron chi connectivity index (χ4n) is 7.18. The second kappa shape index (κ2) is 25.1. The van der Waals surface area contributed by atoms with Crippen LogP contribution >= 0.6 is 0 Å². The van der Waals surface area contributed by atoms with Crippen molar-refractivity contribution in [2.45, 2.75) is 141 Å². The third kappa shape index (κ3) is 17.4. The topological polar surface area (TPSA) is 228 Å². The van der Waals surface area contributed by atoms with Gasteiger partial charge in [-0.15, -0.1) is 0 Å². The molecule has 0 fully saturated rings. The summed E-state index contributed by atoms with van der Waals surface area (Å²) in [5.41, 5.74) is 2.93. The Hall–Kier alpha value is -6.38. The maximum Gasteiger partial charge on any atom is 0.408 e. The number of unbranched alkanes of at least 4 members (excludes halogenated alkanes) is 5. The lowest BCUT2D eigenvalue weighted by Gasteiger charge is -2.27. The van der Waals surface area contributed by atoms with Crippen LogP contribution < -0.4 is 26.6 Å². The molecule has 3 unspecified atom stereocenters. The van der Waals surface area contributed by atoms with Crippen molar-refractivity contribution in [3.63, 3.8) is 0 Å². The summed E-state index contributed by atoms with van der Waals surface area (Å²) in [6.07, 6.45) is 7.41. The molecule has 4 atom stereocenters. The Morgan fingerprint density at radius 3 is 1.91 bits per heavy atom. The number of aliphatic carboxylic acids is 1. The first-order chi connectivity index (χ1) is 30.5. The van der Waals surface area contributed by atoms with Crippen LogP contribution in [0.2, 0.25) is 0 Å². The number of carbonyl (C=O) groups is 6. The molecule has 0 aliphatic heterocycles. The summed E-state index contributed by atoms with van der Waals surface area (Å²) in [7, 11) is 0. The number of H-pyrrole nitrogens is 1. The first-order valence-electron chi connectivity index (χ1n) is 22.3. The summed E-state index contributed by atoms with van der Waals surface area (Å²) < 4.78 is 5.52. The first-order valence-corrected chi connectivity index (χ1v) is 22.3. The number of aromatic nitrogens is 1. The number of para-hydroxylation sites is 1. The maximum atomic E-state index is 14.4. The number of hydrogen-bond donors (Lipinski definition) is 8. The van der Waals surface area contributed by atoms with Gasteiger partial charge in [0.05, 0.1) is 0 Å². The lowest BCUT2D eigenvalue weighted by molar-refractivity contribution is -0.142. The van der Waals surface area contributed by atoms with E-state index in [-0.39, 0.29) is 37.3 Å². The van der Waals surface area contributed by atoms with E-state index in [2.05, 4.69) is 38.5 Å². The Kier molecular flexibility index (Phi) is 19.7. The Bertz CT molecular complexity index is 2150. The average Bonchev–Trinajstić information content (AvgIpc) is 3.65. The van der Waals surface area contributed by atoms with Crippen LogP contribution in [0.4, 0.5) is 4.79 Å². The van der Waals surface area contributed by atoms with Crippen LogP contribution in [-0.2, 0) is 48.0 Å². The second-order valence-corrected chi connectivity index (χ2v) is 17.4. The smallest absolute Gasteiger partial charge is 0.408 e. The molecule has 64 heavy (non-hydrogen) atoms. The highest BCUT2D eigenvalue weighted by Gasteiger charge is 2.33. The molecule has 0 bridgehead atoms. The largest absolute Gasteiger partial charge is 0.508 e. The quantitative estimate of drug-likeness (QED) is 0.0350. The number of phenols is 1. The molecule has 15 heteroatoms. The monoisotopic (exact) mass is 882 g/mol. The van der Waals surface area contributed by atoms with Crippen LogP contribution in [-0.4, -0.2) is 87.2 Å². The number of carboxylic acid groups (broad SMARTS) is 1. The van der Waals surface area contributed by atoms with Gasteiger partial charge >= 0.3 is 12.1 Å². The van der Waals surface area contributed by atoms with E-state index < -0.39 is 59.6 Å². The molecule has 0 saturated carbocycles. The maximum absolute atomic E-state index is 14.4. The number of rotatable bonds is 25. The van der Waals surface area contributed by atoms with Gasteiger partial charge in [-0.05, 0) is 88.3 Å². The fourth-order valence-corrected chi connectivity index (χ4v) is 7.18. The Morgan fingerprint density at radius 2 is 1.25 bits per heavy atom. The fraction of sp³-hybridized carbons (Fsp3) is 0.469. The molecule has 0 spiro atoms. The number of carbonyl (C=O) groups excluding carboxylic acids is 5. The third-order valence-electron chi connectivity index (χ3n) is 10.7. The summed E-state index contributed by atoms with van der Waals surface area (Å²) in [6, 6.07) is 15.8. The molecule has 0 aliphatic rings. The highest BCUT2D eigenvalue weighted by atomic mass is 16.6. The number of alkyl carbamates (subject to hydrolysis) is 1. The van der Waals surface area contributed by atoms with E-state index in [1.807, 2.05) is 55.5 Å². The average molecular weight is 883 g/mol. The second-order valence-electron chi connectivity index (χ2n) is 17.4. The number of ether oxygens (including phenoxy) is 1. The molecule has 0 radical (unpaired) electrons. The van der Waals surface area contributed by atoms with E-state index in [4.69, 9.17) is 4.74 Å². The molecule has 8 N–H and O–H groups in total. The van der Waals surface area contributed by atoms with Gasteiger partial charge in [0.1, 0.15) is 35.5 Å². The summed E-state index contributed by atoms with van der Waals surface area (Å²) in [4.78, 5) is 84.1. The van der Waals surface area contributed by atoms with Gasteiger partial charge in [0.15, 0.2) is 0 Å². The predicted octanol–water partition coefficient (Wildman–Crippen LogP) is 6.29. The van der Waals surface area contributed by atoms with Gasteiger partial charge in [-0.3, -0.25) is 19.2 Å². The standard InChI is InChI=1S/C49H66N6O9/c1-6-7-8-9-10-18-43(57)50-27-14-13-17-39(52-46(60)41(55-48(63)64-49(3,4)5)30-35-31-51-38-16-12-11-15-37(35)38)44(58)53-40(28-33-21-19-32(2)20-22-33)45(59)54-42(47(61)62)29-34-23-25-36(56)26-24-34/h11-12,15-16,19-26,31,39-42,51,56H,6-10,13-14,17-18,27-30H2,1-5H3,(H,50,57)(H,52,60)(H,53,58)(H,54,59)(H,55,63)(H,61,62)/t39?,40?,41?,42-/m0/s1. The van der Waals surface area contributed by atoms with Crippen LogP contribution in [0, 0.1) is 6.92 Å². The van der Waals surface area contributed by atoms with E-state index in [0.29, 0.717) is 36.9 Å². The van der Waals surface area contributed by atoms with Crippen LogP contribution in [0.5, 0.6) is 5.75 Å². The Balaban J connectivity index is 1.58. The normalized spacial score (nSPS) is 13.2. The summed E-state index contributed by atoms with van der Waals surface area (Å²) >= 11 is 0. The van der Waals surface area contributed by atoms with Crippen molar-refractivity contribution in [3.05, 3.63) is 101 Å². The van der Waals surface area contributed by atoms with Gasteiger partial charge in [0.2, 0.25) is 23.6 Å². The Labute approximate surface area is 375 Å². The third-order valence-corrected chi connectivity index (χ3v) is 10.7. The lowest BCUT2D eigenvalue weighted by atomic mass is 10.0. The minimum Gasteiger partial charge on any atom is -0.508 e. The van der Waals surface area contributed by atoms with Crippen molar-refractivity contribution < 1.29 is 43.7 Å². The number of aromatic amines is 1. The minimum atomic E-state index is -1.37. The number of benzene rings is 3.